The maximum absolute atomic E-state index is 12.4. The molecule has 0 N–H and O–H groups in total. The van der Waals surface area contributed by atoms with Crippen LogP contribution in [0.15, 0.2) is 10.7 Å². The van der Waals surface area contributed by atoms with Gasteiger partial charge in [-0.2, -0.15) is 5.10 Å². The summed E-state index contributed by atoms with van der Waals surface area (Å²) in [4.78, 5) is 14.2. The van der Waals surface area contributed by atoms with Gasteiger partial charge in [-0.3, -0.25) is 9.48 Å². The van der Waals surface area contributed by atoms with E-state index in [1.807, 2.05) is 18.7 Å². The molecule has 1 amide bonds. The average molecular weight is 302 g/mol. The monoisotopic (exact) mass is 301 g/mol. The van der Waals surface area contributed by atoms with E-state index in [1.165, 1.54) is 0 Å². The van der Waals surface area contributed by atoms with Gasteiger partial charge in [-0.05, 0) is 29.8 Å². The van der Waals surface area contributed by atoms with Crippen LogP contribution in [-0.4, -0.2) is 45.9 Å². The standard InChI is InChI=1S/C11H16BrN3O2/c1-7-5-15(6-8(2)17-7)11(16)10-9(12)4-13-14(10)3/h4,7-8H,5-6H2,1-3H3/t7-,8-/m0/s1. The van der Waals surface area contributed by atoms with Crippen LogP contribution in [0.5, 0.6) is 0 Å². The Labute approximate surface area is 109 Å². The van der Waals surface area contributed by atoms with Crippen LogP contribution in [0.25, 0.3) is 0 Å². The molecule has 0 saturated carbocycles. The third kappa shape index (κ3) is 2.52. The molecule has 0 aliphatic carbocycles. The van der Waals surface area contributed by atoms with Crippen molar-refractivity contribution in [2.24, 2.45) is 7.05 Å². The van der Waals surface area contributed by atoms with Crippen molar-refractivity contribution in [2.45, 2.75) is 26.1 Å². The number of amides is 1. The SMILES string of the molecule is C[C@H]1CN(C(=O)c2c(Br)cnn2C)C[C@H](C)O1. The first kappa shape index (κ1) is 12.6. The Morgan fingerprint density at radius 3 is 2.53 bits per heavy atom. The second-order valence-electron chi connectivity index (χ2n) is 4.43. The first-order chi connectivity index (χ1) is 7.99. The van der Waals surface area contributed by atoms with Gasteiger partial charge in [0.2, 0.25) is 0 Å². The molecule has 2 rings (SSSR count). The topological polar surface area (TPSA) is 47.4 Å². The molecule has 0 spiro atoms. The van der Waals surface area contributed by atoms with Gasteiger partial charge in [0.15, 0.2) is 0 Å². The molecule has 94 valence electrons. The number of rotatable bonds is 1. The summed E-state index contributed by atoms with van der Waals surface area (Å²) in [6.45, 7) is 5.21. The smallest absolute Gasteiger partial charge is 0.273 e. The van der Waals surface area contributed by atoms with Gasteiger partial charge < -0.3 is 9.64 Å². The van der Waals surface area contributed by atoms with Gasteiger partial charge in [-0.15, -0.1) is 0 Å². The fourth-order valence-corrected chi connectivity index (χ4v) is 2.66. The Kier molecular flexibility index (Phi) is 3.53. The lowest BCUT2D eigenvalue weighted by Crippen LogP contribution is -2.48. The van der Waals surface area contributed by atoms with E-state index in [4.69, 9.17) is 4.74 Å². The Bertz CT molecular complexity index is 403. The number of morpholine rings is 1. The fraction of sp³-hybridized carbons (Fsp3) is 0.636. The molecular formula is C11H16BrN3O2. The Morgan fingerprint density at radius 2 is 2.06 bits per heavy atom. The van der Waals surface area contributed by atoms with E-state index in [-0.39, 0.29) is 18.1 Å². The van der Waals surface area contributed by atoms with E-state index in [2.05, 4.69) is 21.0 Å². The number of aromatic nitrogens is 2. The number of carbonyl (C=O) groups excluding carboxylic acids is 1. The predicted molar refractivity (Wildman–Crippen MR) is 66.8 cm³/mol. The fourth-order valence-electron chi connectivity index (χ4n) is 2.14. The van der Waals surface area contributed by atoms with Gasteiger partial charge in [0.1, 0.15) is 5.69 Å². The zero-order chi connectivity index (χ0) is 12.6. The highest BCUT2D eigenvalue weighted by Crippen LogP contribution is 2.19. The minimum atomic E-state index is -0.00104. The Balaban J connectivity index is 2.20. The summed E-state index contributed by atoms with van der Waals surface area (Å²) in [5.41, 5.74) is 0.589. The molecule has 6 heteroatoms. The summed E-state index contributed by atoms with van der Waals surface area (Å²) < 4.78 is 7.94. The maximum atomic E-state index is 12.4. The number of hydrogen-bond donors (Lipinski definition) is 0. The summed E-state index contributed by atoms with van der Waals surface area (Å²) in [6.07, 6.45) is 1.80. The van der Waals surface area contributed by atoms with E-state index in [9.17, 15) is 4.79 Å². The molecule has 0 unspecified atom stereocenters. The molecular weight excluding hydrogens is 286 g/mol. The zero-order valence-electron chi connectivity index (χ0n) is 10.2. The molecule has 17 heavy (non-hydrogen) atoms. The Morgan fingerprint density at radius 1 is 1.47 bits per heavy atom. The summed E-state index contributed by atoms with van der Waals surface area (Å²) >= 11 is 3.35. The molecule has 1 aliphatic heterocycles. The quantitative estimate of drug-likeness (QED) is 0.788. The van der Waals surface area contributed by atoms with Crippen LogP contribution in [0.1, 0.15) is 24.3 Å². The zero-order valence-corrected chi connectivity index (χ0v) is 11.8. The summed E-state index contributed by atoms with van der Waals surface area (Å²) in [5, 5.41) is 4.06. The van der Waals surface area contributed by atoms with Crippen LogP contribution in [0.4, 0.5) is 0 Å². The van der Waals surface area contributed by atoms with E-state index >= 15 is 0 Å². The average Bonchev–Trinajstić information content (AvgIpc) is 2.56. The van der Waals surface area contributed by atoms with Crippen molar-refractivity contribution in [1.82, 2.24) is 14.7 Å². The summed E-state index contributed by atoms with van der Waals surface area (Å²) in [6, 6.07) is 0. The number of ether oxygens (including phenoxy) is 1. The first-order valence-corrected chi connectivity index (χ1v) is 6.40. The summed E-state index contributed by atoms with van der Waals surface area (Å²) in [7, 11) is 1.77. The van der Waals surface area contributed by atoms with Gasteiger partial charge in [-0.25, -0.2) is 0 Å². The van der Waals surface area contributed by atoms with Gasteiger partial charge in [0.05, 0.1) is 22.9 Å². The highest BCUT2D eigenvalue weighted by molar-refractivity contribution is 9.10. The maximum Gasteiger partial charge on any atom is 0.273 e. The second kappa shape index (κ2) is 4.78. The summed E-state index contributed by atoms with van der Waals surface area (Å²) in [5.74, 6) is -0.00104. The lowest BCUT2D eigenvalue weighted by atomic mass is 10.2. The normalized spacial score (nSPS) is 25.1. The Hall–Kier alpha value is -0.880. The van der Waals surface area contributed by atoms with Crippen LogP contribution < -0.4 is 0 Å². The number of hydrogen-bond acceptors (Lipinski definition) is 3. The molecule has 0 bridgehead atoms. The van der Waals surface area contributed by atoms with E-state index in [0.29, 0.717) is 18.8 Å². The van der Waals surface area contributed by atoms with Crippen molar-refractivity contribution >= 4 is 21.8 Å². The molecule has 2 heterocycles. The van der Waals surface area contributed by atoms with Crippen molar-refractivity contribution in [3.05, 3.63) is 16.4 Å². The molecule has 5 nitrogen and oxygen atoms in total. The number of halogens is 1. The van der Waals surface area contributed by atoms with Crippen LogP contribution >= 0.6 is 15.9 Å². The van der Waals surface area contributed by atoms with Crippen molar-refractivity contribution in [3.63, 3.8) is 0 Å². The van der Waals surface area contributed by atoms with E-state index < -0.39 is 0 Å². The van der Waals surface area contributed by atoms with Gasteiger partial charge in [-0.1, -0.05) is 0 Å². The molecule has 1 aliphatic rings. The molecule has 1 aromatic heterocycles. The molecule has 1 saturated heterocycles. The highest BCUT2D eigenvalue weighted by atomic mass is 79.9. The lowest BCUT2D eigenvalue weighted by molar-refractivity contribution is -0.0588. The number of aryl methyl sites for hydroxylation is 1. The van der Waals surface area contributed by atoms with E-state index in [1.54, 1.807) is 17.9 Å². The molecule has 1 aromatic rings. The molecule has 1 fully saturated rings. The third-order valence-corrected chi connectivity index (χ3v) is 3.38. The van der Waals surface area contributed by atoms with Crippen molar-refractivity contribution < 1.29 is 9.53 Å². The minimum Gasteiger partial charge on any atom is -0.372 e. The second-order valence-corrected chi connectivity index (χ2v) is 5.29. The van der Waals surface area contributed by atoms with Crippen LogP contribution in [0.2, 0.25) is 0 Å². The molecule has 0 radical (unpaired) electrons. The number of nitrogens with zero attached hydrogens (tertiary/aromatic N) is 3. The third-order valence-electron chi connectivity index (χ3n) is 2.80. The first-order valence-electron chi connectivity index (χ1n) is 5.61. The minimum absolute atomic E-state index is 0.00104. The van der Waals surface area contributed by atoms with Crippen molar-refractivity contribution in [3.8, 4) is 0 Å². The van der Waals surface area contributed by atoms with Crippen molar-refractivity contribution in [1.29, 1.82) is 0 Å². The predicted octanol–water partition coefficient (Wildman–Crippen LogP) is 1.43. The lowest BCUT2D eigenvalue weighted by Gasteiger charge is -2.35. The molecule has 0 aromatic carbocycles. The van der Waals surface area contributed by atoms with Crippen LogP contribution in [0.3, 0.4) is 0 Å². The van der Waals surface area contributed by atoms with Crippen LogP contribution in [-0.2, 0) is 11.8 Å². The van der Waals surface area contributed by atoms with Gasteiger partial charge in [0.25, 0.3) is 5.91 Å². The van der Waals surface area contributed by atoms with Gasteiger partial charge in [0, 0.05) is 20.1 Å². The van der Waals surface area contributed by atoms with Crippen molar-refractivity contribution in [2.75, 3.05) is 13.1 Å². The van der Waals surface area contributed by atoms with E-state index in [0.717, 1.165) is 4.47 Å². The van der Waals surface area contributed by atoms with Crippen LogP contribution in [0, 0.1) is 0 Å². The highest BCUT2D eigenvalue weighted by Gasteiger charge is 2.29. The van der Waals surface area contributed by atoms with Gasteiger partial charge >= 0.3 is 0 Å². The largest absolute Gasteiger partial charge is 0.372 e. The number of carbonyl (C=O) groups is 1. The molecule has 2 atom stereocenters.